The Labute approximate surface area is 146 Å². The van der Waals surface area contributed by atoms with E-state index in [0.29, 0.717) is 26.3 Å². The molecule has 4 heterocycles. The SMILES string of the molecule is CCOCCN1C[C@]23C=C[C@H](O2)[C@@H](C(=O)N2CCSCC2)[C@@H]3C1=O. The van der Waals surface area contributed by atoms with E-state index in [-0.39, 0.29) is 29.8 Å². The van der Waals surface area contributed by atoms with Crippen molar-refractivity contribution in [3.8, 4) is 0 Å². The maximum atomic E-state index is 13.0. The minimum absolute atomic E-state index is 0.0475. The third kappa shape index (κ3) is 2.48. The van der Waals surface area contributed by atoms with Crippen LogP contribution in [0.15, 0.2) is 12.2 Å². The molecule has 3 fully saturated rings. The molecule has 6 nitrogen and oxygen atoms in total. The first-order valence-corrected chi connectivity index (χ1v) is 9.92. The van der Waals surface area contributed by atoms with E-state index in [1.807, 2.05) is 35.7 Å². The lowest BCUT2D eigenvalue weighted by Gasteiger charge is -2.32. The van der Waals surface area contributed by atoms with Crippen LogP contribution in [-0.2, 0) is 19.1 Å². The molecule has 0 aromatic rings. The second-order valence-electron chi connectivity index (χ2n) is 6.79. The van der Waals surface area contributed by atoms with Crippen molar-refractivity contribution in [2.24, 2.45) is 11.8 Å². The van der Waals surface area contributed by atoms with E-state index in [0.717, 1.165) is 24.6 Å². The van der Waals surface area contributed by atoms with Gasteiger partial charge in [-0.2, -0.15) is 11.8 Å². The van der Waals surface area contributed by atoms with Crippen molar-refractivity contribution in [3.05, 3.63) is 12.2 Å². The van der Waals surface area contributed by atoms with Crippen molar-refractivity contribution in [3.63, 3.8) is 0 Å². The van der Waals surface area contributed by atoms with Gasteiger partial charge in [-0.3, -0.25) is 9.59 Å². The Morgan fingerprint density at radius 2 is 2.25 bits per heavy atom. The summed E-state index contributed by atoms with van der Waals surface area (Å²) in [5.74, 6) is 1.37. The zero-order chi connectivity index (χ0) is 16.7. The van der Waals surface area contributed by atoms with Gasteiger partial charge in [-0.25, -0.2) is 0 Å². The van der Waals surface area contributed by atoms with Crippen LogP contribution in [-0.4, -0.2) is 84.2 Å². The lowest BCUT2D eigenvalue weighted by atomic mass is 9.76. The Morgan fingerprint density at radius 1 is 1.46 bits per heavy atom. The van der Waals surface area contributed by atoms with Gasteiger partial charge in [0, 0.05) is 37.7 Å². The molecule has 4 aliphatic heterocycles. The fraction of sp³-hybridized carbons (Fsp3) is 0.765. The average molecular weight is 352 g/mol. The Bertz CT molecular complexity index is 563. The number of nitrogens with zero attached hydrogens (tertiary/aromatic N) is 2. The third-order valence-corrected chi connectivity index (χ3v) is 6.44. The Hall–Kier alpha value is -1.05. The molecular weight excluding hydrogens is 328 g/mol. The molecule has 0 saturated carbocycles. The highest BCUT2D eigenvalue weighted by atomic mass is 32.2. The highest BCUT2D eigenvalue weighted by Gasteiger charge is 2.67. The van der Waals surface area contributed by atoms with Gasteiger partial charge >= 0.3 is 0 Å². The minimum Gasteiger partial charge on any atom is -0.380 e. The Morgan fingerprint density at radius 3 is 3.00 bits per heavy atom. The predicted octanol–water partition coefficient (Wildman–Crippen LogP) is 0.380. The Kier molecular flexibility index (Phi) is 4.34. The molecule has 0 aromatic carbocycles. The van der Waals surface area contributed by atoms with E-state index in [4.69, 9.17) is 9.47 Å². The summed E-state index contributed by atoms with van der Waals surface area (Å²) < 4.78 is 11.5. The molecule has 0 unspecified atom stereocenters. The molecule has 0 aromatic heterocycles. The number of amides is 2. The number of carbonyl (C=O) groups excluding carboxylic acids is 2. The lowest BCUT2D eigenvalue weighted by Crippen LogP contribution is -2.48. The highest BCUT2D eigenvalue weighted by Crippen LogP contribution is 2.52. The molecule has 3 saturated heterocycles. The normalized spacial score (nSPS) is 37.4. The van der Waals surface area contributed by atoms with Crippen LogP contribution in [0.5, 0.6) is 0 Å². The van der Waals surface area contributed by atoms with E-state index >= 15 is 0 Å². The van der Waals surface area contributed by atoms with Gasteiger partial charge in [-0.1, -0.05) is 12.2 Å². The first-order chi connectivity index (χ1) is 11.7. The second kappa shape index (κ2) is 6.35. The topological polar surface area (TPSA) is 59.1 Å². The summed E-state index contributed by atoms with van der Waals surface area (Å²) in [6.07, 6.45) is 3.75. The second-order valence-corrected chi connectivity index (χ2v) is 8.02. The van der Waals surface area contributed by atoms with Crippen LogP contribution in [0.2, 0.25) is 0 Å². The van der Waals surface area contributed by atoms with Crippen LogP contribution >= 0.6 is 11.8 Å². The lowest BCUT2D eigenvalue weighted by molar-refractivity contribution is -0.143. The van der Waals surface area contributed by atoms with Crippen LogP contribution < -0.4 is 0 Å². The summed E-state index contributed by atoms with van der Waals surface area (Å²) in [5.41, 5.74) is -0.598. The molecule has 0 N–H and O–H groups in total. The van der Waals surface area contributed by atoms with E-state index in [1.165, 1.54) is 0 Å². The molecule has 132 valence electrons. The first-order valence-electron chi connectivity index (χ1n) is 8.76. The number of hydrogen-bond donors (Lipinski definition) is 0. The summed E-state index contributed by atoms with van der Waals surface area (Å²) in [7, 11) is 0. The number of hydrogen-bond acceptors (Lipinski definition) is 5. The zero-order valence-corrected chi connectivity index (χ0v) is 14.8. The van der Waals surface area contributed by atoms with Crippen molar-refractivity contribution >= 4 is 23.6 Å². The van der Waals surface area contributed by atoms with Crippen molar-refractivity contribution < 1.29 is 19.1 Å². The Balaban J connectivity index is 1.52. The van der Waals surface area contributed by atoms with Crippen LogP contribution in [0.25, 0.3) is 0 Å². The highest BCUT2D eigenvalue weighted by molar-refractivity contribution is 7.99. The van der Waals surface area contributed by atoms with Crippen LogP contribution in [0, 0.1) is 11.8 Å². The van der Waals surface area contributed by atoms with Gasteiger partial charge < -0.3 is 19.3 Å². The van der Waals surface area contributed by atoms with Crippen molar-refractivity contribution in [2.75, 3.05) is 50.9 Å². The van der Waals surface area contributed by atoms with Gasteiger partial charge in [0.25, 0.3) is 0 Å². The van der Waals surface area contributed by atoms with Crippen molar-refractivity contribution in [1.29, 1.82) is 0 Å². The molecule has 0 radical (unpaired) electrons. The predicted molar refractivity (Wildman–Crippen MR) is 90.7 cm³/mol. The summed E-state index contributed by atoms with van der Waals surface area (Å²) >= 11 is 1.88. The number of ether oxygens (including phenoxy) is 2. The van der Waals surface area contributed by atoms with Gasteiger partial charge in [0.1, 0.15) is 5.60 Å². The molecule has 4 rings (SSSR count). The van der Waals surface area contributed by atoms with Gasteiger partial charge in [-0.05, 0) is 6.92 Å². The number of thioether (sulfide) groups is 1. The van der Waals surface area contributed by atoms with E-state index in [1.54, 1.807) is 4.90 Å². The summed E-state index contributed by atoms with van der Waals surface area (Å²) in [6, 6.07) is 0. The van der Waals surface area contributed by atoms with E-state index < -0.39 is 5.60 Å². The van der Waals surface area contributed by atoms with Crippen molar-refractivity contribution in [2.45, 2.75) is 18.6 Å². The summed E-state index contributed by atoms with van der Waals surface area (Å²) in [5, 5.41) is 0. The monoisotopic (exact) mass is 352 g/mol. The maximum absolute atomic E-state index is 13.0. The molecule has 7 heteroatoms. The van der Waals surface area contributed by atoms with E-state index in [2.05, 4.69) is 0 Å². The first kappa shape index (κ1) is 16.4. The fourth-order valence-corrected chi connectivity index (χ4v) is 5.27. The van der Waals surface area contributed by atoms with Crippen LogP contribution in [0.4, 0.5) is 0 Å². The minimum atomic E-state index is -0.598. The smallest absolute Gasteiger partial charge is 0.230 e. The van der Waals surface area contributed by atoms with Gasteiger partial charge in [0.2, 0.25) is 11.8 Å². The van der Waals surface area contributed by atoms with Crippen molar-refractivity contribution in [1.82, 2.24) is 9.80 Å². The third-order valence-electron chi connectivity index (χ3n) is 5.50. The molecule has 4 aliphatic rings. The molecule has 4 atom stereocenters. The molecule has 0 aliphatic carbocycles. The molecule has 2 amide bonds. The summed E-state index contributed by atoms with van der Waals surface area (Å²) in [4.78, 5) is 29.7. The largest absolute Gasteiger partial charge is 0.380 e. The maximum Gasteiger partial charge on any atom is 0.230 e. The van der Waals surface area contributed by atoms with E-state index in [9.17, 15) is 9.59 Å². The van der Waals surface area contributed by atoms with Gasteiger partial charge in [0.15, 0.2) is 0 Å². The van der Waals surface area contributed by atoms with Crippen LogP contribution in [0.1, 0.15) is 6.92 Å². The quantitative estimate of drug-likeness (QED) is 0.529. The molecule has 2 bridgehead atoms. The number of fused-ring (bicyclic) bond motifs is 1. The molecule has 1 spiro atoms. The average Bonchev–Trinajstić information content (AvgIpc) is 3.24. The fourth-order valence-electron chi connectivity index (χ4n) is 4.36. The number of likely N-dealkylation sites (tertiary alicyclic amines) is 1. The van der Waals surface area contributed by atoms with Crippen LogP contribution in [0.3, 0.4) is 0 Å². The molecular formula is C17H24N2O4S. The summed E-state index contributed by atoms with van der Waals surface area (Å²) in [6.45, 7) is 5.77. The van der Waals surface area contributed by atoms with Gasteiger partial charge in [0.05, 0.1) is 31.1 Å². The zero-order valence-electron chi connectivity index (χ0n) is 14.0. The number of carbonyl (C=O) groups is 2. The molecule has 24 heavy (non-hydrogen) atoms. The standard InChI is InChI=1S/C17H24N2O4S/c1-2-22-8-5-19-11-17-4-3-12(23-17)13(14(17)16(19)21)15(20)18-6-9-24-10-7-18/h3-4,12-14H,2,5-11H2,1H3/t12-,13+,14+,17-/m0/s1. The van der Waals surface area contributed by atoms with Gasteiger partial charge in [-0.15, -0.1) is 0 Å². The number of rotatable bonds is 5.